The Morgan fingerprint density at radius 1 is 1.33 bits per heavy atom. The number of aliphatic hydroxyl groups excluding tert-OH is 1. The number of aliphatic hydroxyl groups is 1. The average Bonchev–Trinajstić information content (AvgIpc) is 2.95. The zero-order valence-electron chi connectivity index (χ0n) is 8.52. The molecule has 2 nitrogen and oxygen atoms in total. The number of benzene rings is 1. The Morgan fingerprint density at radius 3 is 2.87 bits per heavy atom. The van der Waals surface area contributed by atoms with Crippen LogP contribution < -0.4 is 0 Å². The fraction of sp³-hybridized carbons (Fsp3) is 0.385. The summed E-state index contributed by atoms with van der Waals surface area (Å²) in [5.74, 6) is 1.43. The van der Waals surface area contributed by atoms with Gasteiger partial charge in [0.05, 0.1) is 0 Å². The maximum atomic E-state index is 9.94. The Morgan fingerprint density at radius 2 is 2.13 bits per heavy atom. The Kier molecular flexibility index (Phi) is 2.03. The smallest absolute Gasteiger partial charge is 0.134 e. The number of hydrogen-bond acceptors (Lipinski definition) is 2. The molecule has 3 rings (SSSR count). The first-order chi connectivity index (χ1) is 7.33. The van der Waals surface area contributed by atoms with Crippen molar-refractivity contribution in [2.24, 2.45) is 5.92 Å². The summed E-state index contributed by atoms with van der Waals surface area (Å²) in [4.78, 5) is 0. The van der Waals surface area contributed by atoms with E-state index in [0.29, 0.717) is 11.7 Å². The summed E-state index contributed by atoms with van der Waals surface area (Å²) in [5.41, 5.74) is 0.863. The van der Waals surface area contributed by atoms with Crippen LogP contribution in [0.25, 0.3) is 11.0 Å². The van der Waals surface area contributed by atoms with Crippen molar-refractivity contribution in [2.75, 3.05) is 0 Å². The van der Waals surface area contributed by atoms with Gasteiger partial charge in [0.1, 0.15) is 17.4 Å². The van der Waals surface area contributed by atoms with Gasteiger partial charge in [0.15, 0.2) is 0 Å². The summed E-state index contributed by atoms with van der Waals surface area (Å²) in [6, 6.07) is 9.81. The quantitative estimate of drug-likeness (QED) is 0.828. The van der Waals surface area contributed by atoms with Crippen LogP contribution in [0, 0.1) is 5.92 Å². The van der Waals surface area contributed by atoms with Gasteiger partial charge in [-0.15, -0.1) is 0 Å². The standard InChI is InChI=1S/C13H14O2/c14-11(7-9-5-6-9)13-8-10-3-1-2-4-12(10)15-13/h1-4,8-9,11,14H,5-7H2. The molecule has 1 heterocycles. The van der Waals surface area contributed by atoms with E-state index in [9.17, 15) is 5.11 Å². The van der Waals surface area contributed by atoms with Gasteiger partial charge in [-0.05, 0) is 24.5 Å². The Hall–Kier alpha value is -1.28. The lowest BCUT2D eigenvalue weighted by Gasteiger charge is -2.04. The van der Waals surface area contributed by atoms with Crippen LogP contribution in [0.2, 0.25) is 0 Å². The maximum Gasteiger partial charge on any atom is 0.134 e. The van der Waals surface area contributed by atoms with Crippen molar-refractivity contribution in [1.29, 1.82) is 0 Å². The van der Waals surface area contributed by atoms with E-state index in [1.165, 1.54) is 12.8 Å². The molecule has 1 fully saturated rings. The van der Waals surface area contributed by atoms with E-state index in [4.69, 9.17) is 4.42 Å². The first-order valence-corrected chi connectivity index (χ1v) is 5.49. The second-order valence-corrected chi connectivity index (χ2v) is 4.38. The summed E-state index contributed by atoms with van der Waals surface area (Å²) in [5, 5.41) is 11.0. The van der Waals surface area contributed by atoms with Gasteiger partial charge in [0.2, 0.25) is 0 Å². The van der Waals surface area contributed by atoms with Gasteiger partial charge in [-0.3, -0.25) is 0 Å². The molecule has 0 amide bonds. The van der Waals surface area contributed by atoms with E-state index in [0.717, 1.165) is 17.4 Å². The molecule has 1 unspecified atom stereocenters. The fourth-order valence-electron chi connectivity index (χ4n) is 1.95. The molecule has 1 aliphatic carbocycles. The van der Waals surface area contributed by atoms with Crippen LogP contribution in [0.4, 0.5) is 0 Å². The minimum Gasteiger partial charge on any atom is -0.458 e. The Labute approximate surface area is 88.5 Å². The SMILES string of the molecule is OC(CC1CC1)c1cc2ccccc2o1. The molecule has 0 bridgehead atoms. The predicted molar refractivity (Wildman–Crippen MR) is 58.5 cm³/mol. The summed E-state index contributed by atoms with van der Waals surface area (Å²) in [7, 11) is 0. The van der Waals surface area contributed by atoms with Crippen LogP contribution in [-0.2, 0) is 0 Å². The number of para-hydroxylation sites is 1. The topological polar surface area (TPSA) is 33.4 Å². The minimum absolute atomic E-state index is 0.426. The second-order valence-electron chi connectivity index (χ2n) is 4.38. The maximum absolute atomic E-state index is 9.94. The third-order valence-electron chi connectivity index (χ3n) is 3.03. The van der Waals surface area contributed by atoms with Gasteiger partial charge in [0.25, 0.3) is 0 Å². The van der Waals surface area contributed by atoms with E-state index in [-0.39, 0.29) is 0 Å². The molecular weight excluding hydrogens is 188 g/mol. The van der Waals surface area contributed by atoms with Crippen LogP contribution in [0.3, 0.4) is 0 Å². The number of fused-ring (bicyclic) bond motifs is 1. The summed E-state index contributed by atoms with van der Waals surface area (Å²) in [6.45, 7) is 0. The monoisotopic (exact) mass is 202 g/mol. The van der Waals surface area contributed by atoms with Crippen molar-refractivity contribution < 1.29 is 9.52 Å². The number of rotatable bonds is 3. The van der Waals surface area contributed by atoms with Crippen molar-refractivity contribution in [2.45, 2.75) is 25.4 Å². The molecule has 1 N–H and O–H groups in total. The first-order valence-electron chi connectivity index (χ1n) is 5.49. The zero-order chi connectivity index (χ0) is 10.3. The first kappa shape index (κ1) is 8.98. The van der Waals surface area contributed by atoms with Crippen LogP contribution >= 0.6 is 0 Å². The summed E-state index contributed by atoms with van der Waals surface area (Å²) >= 11 is 0. The van der Waals surface area contributed by atoms with Crippen molar-refractivity contribution in [3.05, 3.63) is 36.1 Å². The van der Waals surface area contributed by atoms with Crippen molar-refractivity contribution in [3.63, 3.8) is 0 Å². The molecule has 0 aliphatic heterocycles. The molecule has 2 aromatic rings. The molecule has 1 aromatic heterocycles. The van der Waals surface area contributed by atoms with Crippen LogP contribution in [0.5, 0.6) is 0 Å². The largest absolute Gasteiger partial charge is 0.458 e. The van der Waals surface area contributed by atoms with Crippen molar-refractivity contribution in [1.82, 2.24) is 0 Å². The van der Waals surface area contributed by atoms with E-state index < -0.39 is 6.10 Å². The molecule has 1 atom stereocenters. The normalized spacial score (nSPS) is 18.2. The third kappa shape index (κ3) is 1.77. The number of hydrogen-bond donors (Lipinski definition) is 1. The van der Waals surface area contributed by atoms with Crippen LogP contribution in [0.15, 0.2) is 34.7 Å². The predicted octanol–water partition coefficient (Wildman–Crippen LogP) is 3.27. The highest BCUT2D eigenvalue weighted by molar-refractivity contribution is 5.77. The van der Waals surface area contributed by atoms with Gasteiger partial charge in [-0.1, -0.05) is 31.0 Å². The van der Waals surface area contributed by atoms with Crippen LogP contribution in [-0.4, -0.2) is 5.11 Å². The molecule has 0 saturated heterocycles. The average molecular weight is 202 g/mol. The second kappa shape index (κ2) is 3.38. The molecule has 2 heteroatoms. The molecule has 15 heavy (non-hydrogen) atoms. The lowest BCUT2D eigenvalue weighted by molar-refractivity contribution is 0.136. The molecule has 78 valence electrons. The lowest BCUT2D eigenvalue weighted by atomic mass is 10.1. The van der Waals surface area contributed by atoms with Crippen LogP contribution in [0.1, 0.15) is 31.1 Å². The molecule has 1 aromatic carbocycles. The summed E-state index contributed by atoms with van der Waals surface area (Å²) in [6.07, 6.45) is 2.94. The van der Waals surface area contributed by atoms with Gasteiger partial charge < -0.3 is 9.52 Å². The Bertz CT molecular complexity index is 435. The van der Waals surface area contributed by atoms with E-state index >= 15 is 0 Å². The molecular formula is C13H14O2. The zero-order valence-corrected chi connectivity index (χ0v) is 8.52. The van der Waals surface area contributed by atoms with Crippen molar-refractivity contribution in [3.8, 4) is 0 Å². The molecule has 1 aliphatic rings. The third-order valence-corrected chi connectivity index (χ3v) is 3.03. The highest BCUT2D eigenvalue weighted by Gasteiger charge is 2.26. The highest BCUT2D eigenvalue weighted by atomic mass is 16.4. The fourth-order valence-corrected chi connectivity index (χ4v) is 1.95. The molecule has 0 spiro atoms. The Balaban J connectivity index is 1.89. The number of furan rings is 1. The van der Waals surface area contributed by atoms with Gasteiger partial charge in [0, 0.05) is 5.39 Å². The van der Waals surface area contributed by atoms with Crippen molar-refractivity contribution >= 4 is 11.0 Å². The molecule has 0 radical (unpaired) electrons. The van der Waals surface area contributed by atoms with E-state index in [2.05, 4.69) is 0 Å². The van der Waals surface area contributed by atoms with E-state index in [1.807, 2.05) is 30.3 Å². The van der Waals surface area contributed by atoms with Gasteiger partial charge in [-0.25, -0.2) is 0 Å². The molecule has 1 saturated carbocycles. The van der Waals surface area contributed by atoms with E-state index in [1.54, 1.807) is 0 Å². The lowest BCUT2D eigenvalue weighted by Crippen LogP contribution is -1.95. The minimum atomic E-state index is -0.426. The van der Waals surface area contributed by atoms with Gasteiger partial charge >= 0.3 is 0 Å². The highest BCUT2D eigenvalue weighted by Crippen LogP contribution is 2.38. The van der Waals surface area contributed by atoms with Gasteiger partial charge in [-0.2, -0.15) is 0 Å². The summed E-state index contributed by atoms with van der Waals surface area (Å²) < 4.78 is 5.61.